The van der Waals surface area contributed by atoms with Crippen LogP contribution in [-0.2, 0) is 4.79 Å². The average Bonchev–Trinajstić information content (AvgIpc) is 2.81. The van der Waals surface area contributed by atoms with Crippen molar-refractivity contribution in [3.63, 3.8) is 0 Å². The molecule has 0 saturated carbocycles. The molecule has 1 aliphatic rings. The zero-order valence-electron chi connectivity index (χ0n) is 16.9. The van der Waals surface area contributed by atoms with Crippen molar-refractivity contribution in [2.75, 3.05) is 19.6 Å². The number of amides is 3. The molecule has 156 valence electrons. The molecule has 0 radical (unpaired) electrons. The summed E-state index contributed by atoms with van der Waals surface area (Å²) in [5, 5.41) is 5.69. The lowest BCUT2D eigenvalue weighted by Crippen LogP contribution is -2.53. The maximum absolute atomic E-state index is 12.8. The Morgan fingerprint density at radius 3 is 2.10 bits per heavy atom. The Balaban J connectivity index is 1.66. The van der Waals surface area contributed by atoms with Crippen LogP contribution in [0.2, 0.25) is 0 Å². The number of carbonyl (C=O) groups is 3. The summed E-state index contributed by atoms with van der Waals surface area (Å²) in [5.74, 6) is -0.568. The van der Waals surface area contributed by atoms with E-state index in [1.807, 2.05) is 29.2 Å². The van der Waals surface area contributed by atoms with Crippen LogP contribution in [0.25, 0.3) is 0 Å². The molecule has 0 aromatic heterocycles. The van der Waals surface area contributed by atoms with Crippen molar-refractivity contribution < 1.29 is 14.4 Å². The van der Waals surface area contributed by atoms with Gasteiger partial charge in [0.25, 0.3) is 11.8 Å². The number of hydrogen-bond acceptors (Lipinski definition) is 3. The van der Waals surface area contributed by atoms with E-state index >= 15 is 0 Å². The third-order valence-electron chi connectivity index (χ3n) is 5.34. The topological polar surface area (TPSA) is 78.5 Å². The number of benzene rings is 2. The first-order chi connectivity index (χ1) is 14.6. The minimum absolute atomic E-state index is 0.00460. The van der Waals surface area contributed by atoms with Crippen LogP contribution in [0, 0.1) is 5.92 Å². The minimum atomic E-state index is -0.661. The van der Waals surface area contributed by atoms with Crippen LogP contribution < -0.4 is 10.6 Å². The van der Waals surface area contributed by atoms with E-state index in [2.05, 4.69) is 17.2 Å². The predicted octanol–water partition coefficient (Wildman–Crippen LogP) is 2.64. The summed E-state index contributed by atoms with van der Waals surface area (Å²) in [7, 11) is 0. The molecule has 0 aliphatic carbocycles. The number of likely N-dealkylation sites (tertiary alicyclic amines) is 1. The molecular formula is C24H27N3O3. The van der Waals surface area contributed by atoms with Crippen molar-refractivity contribution in [3.8, 4) is 0 Å². The highest BCUT2D eigenvalue weighted by molar-refractivity contribution is 5.97. The van der Waals surface area contributed by atoms with Crippen LogP contribution in [0.15, 0.2) is 73.3 Å². The van der Waals surface area contributed by atoms with Gasteiger partial charge in [0.2, 0.25) is 5.91 Å². The van der Waals surface area contributed by atoms with Gasteiger partial charge >= 0.3 is 0 Å². The van der Waals surface area contributed by atoms with Crippen molar-refractivity contribution in [1.29, 1.82) is 0 Å². The van der Waals surface area contributed by atoms with Crippen molar-refractivity contribution in [2.24, 2.45) is 5.92 Å². The molecule has 3 rings (SSSR count). The second-order valence-corrected chi connectivity index (χ2v) is 7.35. The molecule has 6 heteroatoms. The molecule has 0 bridgehead atoms. The molecule has 2 N–H and O–H groups in total. The maximum atomic E-state index is 12.8. The molecule has 2 aromatic rings. The van der Waals surface area contributed by atoms with E-state index in [-0.39, 0.29) is 23.6 Å². The van der Waals surface area contributed by atoms with Gasteiger partial charge in [0, 0.05) is 30.8 Å². The van der Waals surface area contributed by atoms with Gasteiger partial charge in [0.05, 0.1) is 0 Å². The average molecular weight is 405 g/mol. The molecule has 1 heterocycles. The SMILES string of the molecule is C=CCNC(=O)[C@H](NC(=O)c1ccccc1)C1CCN(C(=O)c2ccccc2)CC1. The Labute approximate surface area is 177 Å². The van der Waals surface area contributed by atoms with Gasteiger partial charge in [-0.15, -0.1) is 6.58 Å². The molecule has 1 fully saturated rings. The quantitative estimate of drug-likeness (QED) is 0.695. The summed E-state index contributed by atoms with van der Waals surface area (Å²) < 4.78 is 0. The molecular weight excluding hydrogens is 378 g/mol. The minimum Gasteiger partial charge on any atom is -0.351 e. The second kappa shape index (κ2) is 10.4. The number of hydrogen-bond donors (Lipinski definition) is 2. The van der Waals surface area contributed by atoms with Gasteiger partial charge in [-0.2, -0.15) is 0 Å². The molecule has 1 atom stereocenters. The number of rotatable bonds is 7. The molecule has 6 nitrogen and oxygen atoms in total. The molecule has 0 spiro atoms. The molecule has 0 unspecified atom stereocenters. The Morgan fingerprint density at radius 1 is 0.967 bits per heavy atom. The van der Waals surface area contributed by atoms with Crippen LogP contribution in [0.1, 0.15) is 33.6 Å². The summed E-state index contributed by atoms with van der Waals surface area (Å²) in [6.07, 6.45) is 2.88. The number of carbonyl (C=O) groups excluding carboxylic acids is 3. The summed E-state index contributed by atoms with van der Waals surface area (Å²) in [6, 6.07) is 17.4. The van der Waals surface area contributed by atoms with Gasteiger partial charge in [0.1, 0.15) is 6.04 Å². The molecule has 30 heavy (non-hydrogen) atoms. The normalized spacial score (nSPS) is 15.1. The monoisotopic (exact) mass is 405 g/mol. The van der Waals surface area contributed by atoms with E-state index in [4.69, 9.17) is 0 Å². The Morgan fingerprint density at radius 2 is 1.53 bits per heavy atom. The smallest absolute Gasteiger partial charge is 0.253 e. The van der Waals surface area contributed by atoms with E-state index < -0.39 is 6.04 Å². The fourth-order valence-corrected chi connectivity index (χ4v) is 3.69. The lowest BCUT2D eigenvalue weighted by atomic mass is 9.88. The predicted molar refractivity (Wildman–Crippen MR) is 116 cm³/mol. The van der Waals surface area contributed by atoms with Gasteiger partial charge in [-0.3, -0.25) is 14.4 Å². The van der Waals surface area contributed by atoms with Crippen LogP contribution in [0.5, 0.6) is 0 Å². The second-order valence-electron chi connectivity index (χ2n) is 7.35. The summed E-state index contributed by atoms with van der Waals surface area (Å²) in [4.78, 5) is 39.9. The Kier molecular flexibility index (Phi) is 7.38. The van der Waals surface area contributed by atoms with E-state index in [0.29, 0.717) is 43.6 Å². The summed E-state index contributed by atoms with van der Waals surface area (Å²) in [5.41, 5.74) is 1.17. The third-order valence-corrected chi connectivity index (χ3v) is 5.34. The molecule has 2 aromatic carbocycles. The van der Waals surface area contributed by atoms with Gasteiger partial charge in [-0.1, -0.05) is 42.5 Å². The highest BCUT2D eigenvalue weighted by Crippen LogP contribution is 2.23. The highest BCUT2D eigenvalue weighted by atomic mass is 16.2. The fraction of sp³-hybridized carbons (Fsp3) is 0.292. The van der Waals surface area contributed by atoms with E-state index in [0.717, 1.165) is 0 Å². The van der Waals surface area contributed by atoms with Crippen molar-refractivity contribution in [1.82, 2.24) is 15.5 Å². The first-order valence-corrected chi connectivity index (χ1v) is 10.2. The first kappa shape index (κ1) is 21.3. The van der Waals surface area contributed by atoms with Crippen LogP contribution in [0.4, 0.5) is 0 Å². The lowest BCUT2D eigenvalue weighted by Gasteiger charge is -2.35. The van der Waals surface area contributed by atoms with Crippen molar-refractivity contribution >= 4 is 17.7 Å². The maximum Gasteiger partial charge on any atom is 0.253 e. The van der Waals surface area contributed by atoms with Gasteiger partial charge in [-0.25, -0.2) is 0 Å². The standard InChI is InChI=1S/C24H27N3O3/c1-2-15-25-23(29)21(26-22(28)19-9-5-3-6-10-19)18-13-16-27(17-14-18)24(30)20-11-7-4-8-12-20/h2-12,18,21H,1,13-17H2,(H,25,29)(H,26,28)/t21-/m1/s1. The van der Waals surface area contributed by atoms with E-state index in [1.165, 1.54) is 0 Å². The molecule has 1 aliphatic heterocycles. The summed E-state index contributed by atoms with van der Waals surface area (Å²) >= 11 is 0. The van der Waals surface area contributed by atoms with Crippen molar-refractivity contribution in [2.45, 2.75) is 18.9 Å². The van der Waals surface area contributed by atoms with E-state index in [9.17, 15) is 14.4 Å². The highest BCUT2D eigenvalue weighted by Gasteiger charge is 2.34. The van der Waals surface area contributed by atoms with Crippen molar-refractivity contribution in [3.05, 3.63) is 84.4 Å². The number of piperidine rings is 1. The van der Waals surface area contributed by atoms with Gasteiger partial charge < -0.3 is 15.5 Å². The lowest BCUT2D eigenvalue weighted by molar-refractivity contribution is -0.124. The van der Waals surface area contributed by atoms with Gasteiger partial charge in [-0.05, 0) is 43.0 Å². The summed E-state index contributed by atoms with van der Waals surface area (Å²) in [6.45, 7) is 5.05. The van der Waals surface area contributed by atoms with Crippen LogP contribution in [0.3, 0.4) is 0 Å². The zero-order chi connectivity index (χ0) is 21.3. The van der Waals surface area contributed by atoms with Gasteiger partial charge in [0.15, 0.2) is 0 Å². The molecule has 3 amide bonds. The fourth-order valence-electron chi connectivity index (χ4n) is 3.69. The number of nitrogens with zero attached hydrogens (tertiary/aromatic N) is 1. The van der Waals surface area contributed by atoms with Crippen LogP contribution in [-0.4, -0.2) is 48.3 Å². The van der Waals surface area contributed by atoms with E-state index in [1.54, 1.807) is 42.5 Å². The van der Waals surface area contributed by atoms with Crippen LogP contribution >= 0.6 is 0 Å². The molecule has 1 saturated heterocycles. The zero-order valence-corrected chi connectivity index (χ0v) is 16.9. The largest absolute Gasteiger partial charge is 0.351 e. The number of nitrogens with one attached hydrogen (secondary N) is 2. The third kappa shape index (κ3) is 5.35. The first-order valence-electron chi connectivity index (χ1n) is 10.2. The Hall–Kier alpha value is -3.41. The Bertz CT molecular complexity index is 875.